The van der Waals surface area contributed by atoms with Gasteiger partial charge in [-0.3, -0.25) is 4.84 Å². The largest absolute Gasteiger partial charge is 0.297 e. The van der Waals surface area contributed by atoms with Crippen LogP contribution in [0.4, 0.5) is 0 Å². The van der Waals surface area contributed by atoms with Crippen LogP contribution in [-0.4, -0.2) is 0 Å². The van der Waals surface area contributed by atoms with Crippen molar-refractivity contribution in [2.75, 3.05) is 0 Å². The van der Waals surface area contributed by atoms with Crippen molar-refractivity contribution in [1.82, 2.24) is 5.48 Å². The fraction of sp³-hybridized carbons (Fsp3) is 0.294. The fourth-order valence-corrected chi connectivity index (χ4v) is 2.32. The maximum atomic E-state index is 5.51. The lowest BCUT2D eigenvalue weighted by atomic mass is 10.0. The summed E-state index contributed by atoms with van der Waals surface area (Å²) in [5, 5.41) is 0. The van der Waals surface area contributed by atoms with Crippen molar-refractivity contribution in [1.29, 1.82) is 0 Å². The number of aryl methyl sites for hydroxylation is 3. The van der Waals surface area contributed by atoms with E-state index in [0.717, 1.165) is 6.54 Å². The molecule has 0 amide bonds. The highest BCUT2D eigenvalue weighted by Crippen LogP contribution is 2.16. The Morgan fingerprint density at radius 1 is 0.947 bits per heavy atom. The third-order valence-corrected chi connectivity index (χ3v) is 3.27. The van der Waals surface area contributed by atoms with E-state index < -0.39 is 0 Å². The Bertz CT molecular complexity index is 511. The van der Waals surface area contributed by atoms with Crippen molar-refractivity contribution >= 4 is 0 Å². The zero-order valence-electron chi connectivity index (χ0n) is 11.9. The number of nitrogens with one attached hydrogen (secondary N) is 1. The SMILES string of the molecule is Cc1cc(C)c(CNOCc2ccccc2)c(C)c1. The molecule has 2 rings (SSSR count). The summed E-state index contributed by atoms with van der Waals surface area (Å²) in [5.74, 6) is 0. The van der Waals surface area contributed by atoms with Gasteiger partial charge >= 0.3 is 0 Å². The van der Waals surface area contributed by atoms with E-state index in [-0.39, 0.29) is 0 Å². The lowest BCUT2D eigenvalue weighted by molar-refractivity contribution is 0.0233. The van der Waals surface area contributed by atoms with Crippen molar-refractivity contribution < 1.29 is 4.84 Å². The van der Waals surface area contributed by atoms with Crippen LogP contribution < -0.4 is 5.48 Å². The minimum absolute atomic E-state index is 0.588. The van der Waals surface area contributed by atoms with Crippen LogP contribution in [-0.2, 0) is 18.0 Å². The summed E-state index contributed by atoms with van der Waals surface area (Å²) in [6, 6.07) is 14.6. The predicted molar refractivity (Wildman–Crippen MR) is 78.7 cm³/mol. The van der Waals surface area contributed by atoms with Crippen molar-refractivity contribution in [3.05, 3.63) is 70.3 Å². The first kappa shape index (κ1) is 13.8. The van der Waals surface area contributed by atoms with Crippen molar-refractivity contribution in [3.63, 3.8) is 0 Å². The molecule has 0 saturated carbocycles. The van der Waals surface area contributed by atoms with Gasteiger partial charge in [-0.05, 0) is 43.0 Å². The van der Waals surface area contributed by atoms with Gasteiger partial charge in [0.1, 0.15) is 0 Å². The van der Waals surface area contributed by atoms with Crippen LogP contribution in [0.2, 0.25) is 0 Å². The Kier molecular flexibility index (Phi) is 4.72. The molecule has 1 N–H and O–H groups in total. The molecule has 0 spiro atoms. The van der Waals surface area contributed by atoms with Gasteiger partial charge in [-0.15, -0.1) is 0 Å². The molecule has 2 aromatic rings. The quantitative estimate of drug-likeness (QED) is 0.647. The summed E-state index contributed by atoms with van der Waals surface area (Å²) in [5.41, 5.74) is 9.48. The number of hydrogen-bond donors (Lipinski definition) is 1. The highest BCUT2D eigenvalue weighted by Gasteiger charge is 2.03. The average molecular weight is 255 g/mol. The zero-order valence-corrected chi connectivity index (χ0v) is 11.9. The lowest BCUT2D eigenvalue weighted by Gasteiger charge is -2.12. The number of rotatable bonds is 5. The molecule has 2 heteroatoms. The van der Waals surface area contributed by atoms with Gasteiger partial charge in [-0.1, -0.05) is 48.0 Å². The minimum Gasteiger partial charge on any atom is -0.297 e. The molecule has 0 aromatic heterocycles. The Balaban J connectivity index is 1.86. The second-order valence-corrected chi connectivity index (χ2v) is 4.97. The van der Waals surface area contributed by atoms with Crippen molar-refractivity contribution in [2.24, 2.45) is 0 Å². The molecule has 0 aliphatic rings. The van der Waals surface area contributed by atoms with E-state index >= 15 is 0 Å². The van der Waals surface area contributed by atoms with Crippen LogP contribution in [0.25, 0.3) is 0 Å². The van der Waals surface area contributed by atoms with Gasteiger partial charge in [0, 0.05) is 6.54 Å². The van der Waals surface area contributed by atoms with Crippen molar-refractivity contribution in [3.8, 4) is 0 Å². The van der Waals surface area contributed by atoms with Crippen LogP contribution >= 0.6 is 0 Å². The second kappa shape index (κ2) is 6.50. The van der Waals surface area contributed by atoms with Crippen LogP contribution in [0, 0.1) is 20.8 Å². The molecule has 0 fully saturated rings. The van der Waals surface area contributed by atoms with E-state index in [2.05, 4.69) is 50.5 Å². The maximum Gasteiger partial charge on any atom is 0.0933 e. The Hall–Kier alpha value is -1.64. The summed E-state index contributed by atoms with van der Waals surface area (Å²) in [4.78, 5) is 5.51. The first-order chi connectivity index (χ1) is 9.16. The van der Waals surface area contributed by atoms with Crippen LogP contribution in [0.1, 0.15) is 27.8 Å². The number of benzene rings is 2. The predicted octanol–water partition coefficient (Wildman–Crippen LogP) is 3.83. The highest BCUT2D eigenvalue weighted by molar-refractivity contribution is 5.37. The Morgan fingerprint density at radius 3 is 2.21 bits per heavy atom. The lowest BCUT2D eigenvalue weighted by Crippen LogP contribution is -2.15. The molecule has 0 heterocycles. The summed E-state index contributed by atoms with van der Waals surface area (Å²) >= 11 is 0. The van der Waals surface area contributed by atoms with E-state index in [1.807, 2.05) is 18.2 Å². The Morgan fingerprint density at radius 2 is 1.58 bits per heavy atom. The monoisotopic (exact) mass is 255 g/mol. The topological polar surface area (TPSA) is 21.3 Å². The summed E-state index contributed by atoms with van der Waals surface area (Å²) in [6.07, 6.45) is 0. The van der Waals surface area contributed by atoms with E-state index in [1.54, 1.807) is 0 Å². The minimum atomic E-state index is 0.588. The first-order valence-corrected chi connectivity index (χ1v) is 6.62. The molecule has 0 radical (unpaired) electrons. The van der Waals surface area contributed by atoms with E-state index in [9.17, 15) is 0 Å². The maximum absolute atomic E-state index is 5.51. The fourth-order valence-electron chi connectivity index (χ4n) is 2.32. The molecule has 100 valence electrons. The molecule has 0 aliphatic carbocycles. The molecule has 19 heavy (non-hydrogen) atoms. The van der Waals surface area contributed by atoms with E-state index in [1.165, 1.54) is 27.8 Å². The Labute approximate surface area is 115 Å². The van der Waals surface area contributed by atoms with Gasteiger partial charge in [0.2, 0.25) is 0 Å². The normalized spacial score (nSPS) is 10.7. The number of hydrogen-bond acceptors (Lipinski definition) is 2. The molecule has 0 unspecified atom stereocenters. The standard InChI is InChI=1S/C17H21NO/c1-13-9-14(2)17(15(3)10-13)11-18-19-12-16-7-5-4-6-8-16/h4-10,18H,11-12H2,1-3H3. The summed E-state index contributed by atoms with van der Waals surface area (Å²) in [6.45, 7) is 7.75. The molecular weight excluding hydrogens is 234 g/mol. The molecule has 0 atom stereocenters. The second-order valence-electron chi connectivity index (χ2n) is 4.97. The van der Waals surface area contributed by atoms with E-state index in [4.69, 9.17) is 4.84 Å². The average Bonchev–Trinajstić information content (AvgIpc) is 2.38. The molecular formula is C17H21NO. The molecule has 2 nitrogen and oxygen atoms in total. The summed E-state index contributed by atoms with van der Waals surface area (Å²) in [7, 11) is 0. The molecule has 0 bridgehead atoms. The van der Waals surface area contributed by atoms with Crippen LogP contribution in [0.5, 0.6) is 0 Å². The molecule has 2 aromatic carbocycles. The first-order valence-electron chi connectivity index (χ1n) is 6.62. The van der Waals surface area contributed by atoms with Gasteiger partial charge in [0.05, 0.1) is 6.61 Å². The van der Waals surface area contributed by atoms with Gasteiger partial charge in [-0.2, -0.15) is 5.48 Å². The zero-order chi connectivity index (χ0) is 13.7. The van der Waals surface area contributed by atoms with Crippen LogP contribution in [0.3, 0.4) is 0 Å². The van der Waals surface area contributed by atoms with Gasteiger partial charge in [-0.25, -0.2) is 0 Å². The van der Waals surface area contributed by atoms with Gasteiger partial charge < -0.3 is 0 Å². The van der Waals surface area contributed by atoms with Crippen LogP contribution in [0.15, 0.2) is 42.5 Å². The molecule has 0 saturated heterocycles. The van der Waals surface area contributed by atoms with Gasteiger partial charge in [0.15, 0.2) is 0 Å². The molecule has 0 aliphatic heterocycles. The summed E-state index contributed by atoms with van der Waals surface area (Å²) < 4.78 is 0. The highest BCUT2D eigenvalue weighted by atomic mass is 16.6. The van der Waals surface area contributed by atoms with E-state index in [0.29, 0.717) is 6.61 Å². The third-order valence-electron chi connectivity index (χ3n) is 3.27. The van der Waals surface area contributed by atoms with Gasteiger partial charge in [0.25, 0.3) is 0 Å². The third kappa shape index (κ3) is 3.91. The number of hydroxylamine groups is 1. The smallest absolute Gasteiger partial charge is 0.0933 e. The van der Waals surface area contributed by atoms with Crippen molar-refractivity contribution in [2.45, 2.75) is 33.9 Å².